The van der Waals surface area contributed by atoms with Gasteiger partial charge in [-0.1, -0.05) is 0 Å². The van der Waals surface area contributed by atoms with Crippen LogP contribution in [0.5, 0.6) is 0 Å². The molecule has 0 saturated carbocycles. The SMILES string of the molecule is CC(=O)O.CC(=O)OC[C@H]1O[CH][C@H](OC(C)=O)[C@@H](OC(C)=O)[C@@H]1O[C@@H]1O[C@H](CO)[C@@H](O)[C@H](O)[C@H]1O. The van der Waals surface area contributed by atoms with Crippen LogP contribution in [0.3, 0.4) is 0 Å². The average molecular weight is 511 g/mol. The maximum Gasteiger partial charge on any atom is 0.303 e. The molecule has 2 saturated heterocycles. The highest BCUT2D eigenvalue weighted by atomic mass is 16.7. The first-order chi connectivity index (χ1) is 16.3. The summed E-state index contributed by atoms with van der Waals surface area (Å²) in [5, 5.41) is 47.0. The molecule has 0 bridgehead atoms. The number of ether oxygens (including phenoxy) is 6. The molecule has 35 heavy (non-hydrogen) atoms. The van der Waals surface area contributed by atoms with E-state index in [1.54, 1.807) is 0 Å². The van der Waals surface area contributed by atoms with Gasteiger partial charge in [-0.15, -0.1) is 0 Å². The van der Waals surface area contributed by atoms with Gasteiger partial charge in [-0.2, -0.15) is 0 Å². The molecule has 15 nitrogen and oxygen atoms in total. The number of carboxylic acid groups (broad SMARTS) is 1. The summed E-state index contributed by atoms with van der Waals surface area (Å²) in [6.45, 7) is 4.49. The van der Waals surface area contributed by atoms with E-state index >= 15 is 0 Å². The normalized spacial score (nSPS) is 34.6. The Morgan fingerprint density at radius 3 is 1.89 bits per heavy atom. The van der Waals surface area contributed by atoms with Crippen LogP contribution in [0.25, 0.3) is 0 Å². The Balaban J connectivity index is 0.00000142. The third-order valence-electron chi connectivity index (χ3n) is 4.60. The number of aliphatic hydroxyl groups is 4. The summed E-state index contributed by atoms with van der Waals surface area (Å²) >= 11 is 0. The molecule has 0 aliphatic carbocycles. The number of carbonyl (C=O) groups is 4. The van der Waals surface area contributed by atoms with Crippen LogP contribution in [0.1, 0.15) is 27.7 Å². The smallest absolute Gasteiger partial charge is 0.303 e. The molecule has 15 heteroatoms. The van der Waals surface area contributed by atoms with Crippen molar-refractivity contribution in [2.75, 3.05) is 13.2 Å². The second-order valence-corrected chi connectivity index (χ2v) is 7.58. The summed E-state index contributed by atoms with van der Waals surface area (Å²) in [6, 6.07) is 0. The number of carbonyl (C=O) groups excluding carboxylic acids is 3. The zero-order chi connectivity index (χ0) is 26.9. The lowest BCUT2D eigenvalue weighted by atomic mass is 9.97. The van der Waals surface area contributed by atoms with Crippen molar-refractivity contribution in [3.05, 3.63) is 6.61 Å². The Labute approximate surface area is 200 Å². The second kappa shape index (κ2) is 14.2. The fourth-order valence-corrected chi connectivity index (χ4v) is 3.18. The molecule has 0 aromatic carbocycles. The lowest BCUT2D eigenvalue weighted by Gasteiger charge is -2.45. The minimum atomic E-state index is -1.76. The highest BCUT2D eigenvalue weighted by Gasteiger charge is 2.51. The zero-order valence-electron chi connectivity index (χ0n) is 19.5. The largest absolute Gasteiger partial charge is 0.481 e. The number of carboxylic acids is 1. The molecule has 201 valence electrons. The van der Waals surface area contributed by atoms with Crippen molar-refractivity contribution < 1.29 is 73.1 Å². The monoisotopic (exact) mass is 511 g/mol. The van der Waals surface area contributed by atoms with Crippen molar-refractivity contribution in [3.63, 3.8) is 0 Å². The predicted molar refractivity (Wildman–Crippen MR) is 109 cm³/mol. The van der Waals surface area contributed by atoms with Crippen LogP contribution in [0.15, 0.2) is 0 Å². The molecule has 0 aromatic heterocycles. The first-order valence-corrected chi connectivity index (χ1v) is 10.4. The van der Waals surface area contributed by atoms with E-state index in [0.717, 1.165) is 34.3 Å². The number of hydrogen-bond acceptors (Lipinski definition) is 14. The molecular weight excluding hydrogens is 480 g/mol. The average Bonchev–Trinajstić information content (AvgIpc) is 2.74. The first kappa shape index (κ1) is 30.6. The van der Waals surface area contributed by atoms with E-state index in [1.807, 2.05) is 0 Å². The second-order valence-electron chi connectivity index (χ2n) is 7.58. The van der Waals surface area contributed by atoms with Crippen molar-refractivity contribution in [2.24, 2.45) is 0 Å². The van der Waals surface area contributed by atoms with E-state index < -0.39 is 85.6 Å². The number of hydrogen-bond donors (Lipinski definition) is 5. The third kappa shape index (κ3) is 9.64. The van der Waals surface area contributed by atoms with Crippen molar-refractivity contribution in [1.29, 1.82) is 0 Å². The molecular formula is C20H31O15. The van der Waals surface area contributed by atoms with Crippen molar-refractivity contribution in [2.45, 2.75) is 82.8 Å². The lowest BCUT2D eigenvalue weighted by Crippen LogP contribution is -2.63. The standard InChI is InChI=1S/C18H27O13.C2H4O2/c1-7(20)26-5-11-16(17(29-9(3)22)12(6-27-11)28-8(2)21)31-18-15(25)14(24)13(23)10(4-19)30-18;1-2(3)4/h6,10-19,23-25H,4-5H2,1-3H3;1H3,(H,3,4)/t10-,11-,12+,13-,14+,15-,16-,17-,18+;/m1./s1. The zero-order valence-corrected chi connectivity index (χ0v) is 19.5. The Kier molecular flexibility index (Phi) is 12.5. The molecule has 0 unspecified atom stereocenters. The van der Waals surface area contributed by atoms with Crippen molar-refractivity contribution in [1.82, 2.24) is 0 Å². The van der Waals surface area contributed by atoms with Gasteiger partial charge in [0, 0.05) is 27.7 Å². The summed E-state index contributed by atoms with van der Waals surface area (Å²) in [6.07, 6.45) is -12.9. The van der Waals surface area contributed by atoms with Crippen LogP contribution >= 0.6 is 0 Å². The number of rotatable bonds is 7. The molecule has 2 aliphatic heterocycles. The van der Waals surface area contributed by atoms with Gasteiger partial charge in [0.15, 0.2) is 18.5 Å². The molecule has 0 spiro atoms. The molecule has 2 heterocycles. The highest BCUT2D eigenvalue weighted by molar-refractivity contribution is 5.67. The van der Waals surface area contributed by atoms with E-state index in [0.29, 0.717) is 0 Å². The summed E-state index contributed by atoms with van der Waals surface area (Å²) in [5.41, 5.74) is 0. The van der Waals surface area contributed by atoms with E-state index in [1.165, 1.54) is 0 Å². The number of esters is 3. The lowest BCUT2D eigenvalue weighted by molar-refractivity contribution is -0.333. The van der Waals surface area contributed by atoms with Gasteiger partial charge >= 0.3 is 17.9 Å². The molecule has 5 N–H and O–H groups in total. The van der Waals surface area contributed by atoms with E-state index in [2.05, 4.69) is 0 Å². The van der Waals surface area contributed by atoms with Crippen LogP contribution in [0.4, 0.5) is 0 Å². The predicted octanol–water partition coefficient (Wildman–Crippen LogP) is -2.75. The Bertz CT molecular complexity index is 721. The molecule has 2 aliphatic rings. The minimum Gasteiger partial charge on any atom is -0.481 e. The van der Waals surface area contributed by atoms with Crippen LogP contribution in [0.2, 0.25) is 0 Å². The quantitative estimate of drug-likeness (QED) is 0.172. The Morgan fingerprint density at radius 2 is 1.40 bits per heavy atom. The summed E-state index contributed by atoms with van der Waals surface area (Å²) in [4.78, 5) is 43.3. The molecule has 0 aromatic rings. The topological polar surface area (TPSA) is 225 Å². The summed E-state index contributed by atoms with van der Waals surface area (Å²) in [5.74, 6) is -2.94. The summed E-state index contributed by atoms with van der Waals surface area (Å²) in [7, 11) is 0. The Morgan fingerprint density at radius 1 is 0.829 bits per heavy atom. The van der Waals surface area contributed by atoms with Crippen molar-refractivity contribution >= 4 is 23.9 Å². The van der Waals surface area contributed by atoms with Crippen LogP contribution in [-0.4, -0.2) is 118 Å². The van der Waals surface area contributed by atoms with Crippen LogP contribution in [0, 0.1) is 6.61 Å². The molecule has 1 radical (unpaired) electrons. The van der Waals surface area contributed by atoms with Gasteiger partial charge in [-0.25, -0.2) is 0 Å². The van der Waals surface area contributed by atoms with E-state index in [4.69, 9.17) is 38.3 Å². The molecule has 9 atom stereocenters. The molecule has 2 fully saturated rings. The molecule has 0 amide bonds. The Hall–Kier alpha value is -2.40. The minimum absolute atomic E-state index is 0.363. The maximum atomic E-state index is 11.7. The van der Waals surface area contributed by atoms with Gasteiger partial charge < -0.3 is 54.0 Å². The fraction of sp³-hybridized carbons (Fsp3) is 0.750. The van der Waals surface area contributed by atoms with E-state index in [9.17, 15) is 34.8 Å². The van der Waals surface area contributed by atoms with Gasteiger partial charge in [0.25, 0.3) is 5.97 Å². The van der Waals surface area contributed by atoms with Crippen LogP contribution in [-0.2, 0) is 47.6 Å². The van der Waals surface area contributed by atoms with Gasteiger partial charge in [-0.3, -0.25) is 19.2 Å². The summed E-state index contributed by atoms with van der Waals surface area (Å²) < 4.78 is 31.7. The fourth-order valence-electron chi connectivity index (χ4n) is 3.18. The van der Waals surface area contributed by atoms with Crippen molar-refractivity contribution in [3.8, 4) is 0 Å². The number of aliphatic carboxylic acids is 1. The van der Waals surface area contributed by atoms with Gasteiger partial charge in [0.2, 0.25) is 0 Å². The molecule has 2 rings (SSSR count). The van der Waals surface area contributed by atoms with Gasteiger partial charge in [-0.05, 0) is 0 Å². The third-order valence-corrected chi connectivity index (χ3v) is 4.60. The number of aliphatic hydroxyl groups excluding tert-OH is 4. The first-order valence-electron chi connectivity index (χ1n) is 10.4. The maximum absolute atomic E-state index is 11.7. The van der Waals surface area contributed by atoms with Gasteiger partial charge in [0.1, 0.15) is 49.8 Å². The van der Waals surface area contributed by atoms with Crippen LogP contribution < -0.4 is 0 Å². The highest BCUT2D eigenvalue weighted by Crippen LogP contribution is 2.31. The van der Waals surface area contributed by atoms with E-state index in [-0.39, 0.29) is 6.61 Å². The van der Waals surface area contributed by atoms with Gasteiger partial charge in [0.05, 0.1) is 6.61 Å².